The lowest BCUT2D eigenvalue weighted by Crippen LogP contribution is -2.36. The Balaban J connectivity index is 2.05. The van der Waals surface area contributed by atoms with Crippen LogP contribution in [0.2, 0.25) is 0 Å². The zero-order chi connectivity index (χ0) is 22.0. The molecule has 1 aliphatic rings. The van der Waals surface area contributed by atoms with Gasteiger partial charge in [0.2, 0.25) is 5.78 Å². The molecule has 0 bridgehead atoms. The van der Waals surface area contributed by atoms with Gasteiger partial charge in [-0.2, -0.15) is 0 Å². The fraction of sp³-hybridized carbons (Fsp3) is 0.409. The lowest BCUT2D eigenvalue weighted by molar-refractivity contribution is -0.129. The highest BCUT2D eigenvalue weighted by Crippen LogP contribution is 2.40. The Morgan fingerprint density at radius 1 is 1.27 bits per heavy atom. The molecule has 160 valence electrons. The first-order valence-electron chi connectivity index (χ1n) is 9.84. The summed E-state index contributed by atoms with van der Waals surface area (Å²) in [4.78, 5) is 34.6. The van der Waals surface area contributed by atoms with Gasteiger partial charge >= 0.3 is 0 Å². The van der Waals surface area contributed by atoms with E-state index in [1.54, 1.807) is 11.8 Å². The standard InChI is InChI=1S/C22H27N3O4S/c1-6-29-16-9-7-15(8-10-16)18-17(19(26)21-13(2)23-14(3)30-21)20(27)22(28)25(18)12-11-24(4)5/h7-10,18,27H,6,11-12H2,1-5H3. The average molecular weight is 430 g/mol. The summed E-state index contributed by atoms with van der Waals surface area (Å²) in [7, 11) is 3.82. The van der Waals surface area contributed by atoms with E-state index in [1.165, 1.54) is 11.3 Å². The average Bonchev–Trinajstić information content (AvgIpc) is 3.16. The summed E-state index contributed by atoms with van der Waals surface area (Å²) in [6, 6.07) is 6.63. The van der Waals surface area contributed by atoms with Crippen molar-refractivity contribution < 1.29 is 19.4 Å². The quantitative estimate of drug-likeness (QED) is 0.649. The molecule has 0 saturated heterocycles. The molecular formula is C22H27N3O4S. The monoisotopic (exact) mass is 429 g/mol. The number of hydrogen-bond donors (Lipinski definition) is 1. The van der Waals surface area contributed by atoms with Crippen LogP contribution in [0.5, 0.6) is 5.75 Å². The Labute approximate surface area is 180 Å². The number of carbonyl (C=O) groups is 2. The minimum Gasteiger partial charge on any atom is -0.503 e. The summed E-state index contributed by atoms with van der Waals surface area (Å²) in [5, 5.41) is 11.5. The maximum Gasteiger partial charge on any atom is 0.290 e. The fourth-order valence-electron chi connectivity index (χ4n) is 3.55. The van der Waals surface area contributed by atoms with E-state index in [0.29, 0.717) is 36.0 Å². The molecule has 2 heterocycles. The van der Waals surface area contributed by atoms with Gasteiger partial charge in [0, 0.05) is 13.1 Å². The van der Waals surface area contributed by atoms with E-state index >= 15 is 0 Å². The predicted molar refractivity (Wildman–Crippen MR) is 116 cm³/mol. The van der Waals surface area contributed by atoms with Gasteiger partial charge in [0.05, 0.1) is 33.8 Å². The van der Waals surface area contributed by atoms with Gasteiger partial charge < -0.3 is 19.6 Å². The molecule has 1 aromatic heterocycles. The molecule has 1 aliphatic heterocycles. The number of carbonyl (C=O) groups excluding carboxylic acids is 2. The third-order valence-electron chi connectivity index (χ3n) is 4.95. The Bertz CT molecular complexity index is 979. The number of benzene rings is 1. The highest BCUT2D eigenvalue weighted by molar-refractivity contribution is 7.14. The number of amides is 1. The number of Topliss-reactive ketones (excluding diaryl/α,β-unsaturated/α-hetero) is 1. The molecule has 2 aromatic rings. The molecule has 1 aromatic carbocycles. The molecule has 8 heteroatoms. The van der Waals surface area contributed by atoms with Gasteiger partial charge in [-0.05, 0) is 52.6 Å². The van der Waals surface area contributed by atoms with Crippen LogP contribution in [0.1, 0.15) is 38.9 Å². The van der Waals surface area contributed by atoms with E-state index in [4.69, 9.17) is 4.74 Å². The molecule has 1 atom stereocenters. The molecule has 0 radical (unpaired) electrons. The zero-order valence-corrected chi connectivity index (χ0v) is 18.7. The van der Waals surface area contributed by atoms with E-state index in [9.17, 15) is 14.7 Å². The molecular weight excluding hydrogens is 402 g/mol. The number of nitrogens with zero attached hydrogens (tertiary/aromatic N) is 3. The van der Waals surface area contributed by atoms with Crippen LogP contribution in [0.15, 0.2) is 35.6 Å². The molecule has 30 heavy (non-hydrogen) atoms. The van der Waals surface area contributed by atoms with Crippen LogP contribution in [-0.4, -0.2) is 65.4 Å². The summed E-state index contributed by atoms with van der Waals surface area (Å²) in [6.45, 7) is 7.03. The highest BCUT2D eigenvalue weighted by atomic mass is 32.1. The molecule has 0 spiro atoms. The van der Waals surface area contributed by atoms with Gasteiger partial charge in [-0.15, -0.1) is 11.3 Å². The first kappa shape index (κ1) is 22.0. The normalized spacial score (nSPS) is 16.7. The number of aromatic nitrogens is 1. The molecule has 3 rings (SSSR count). The number of ether oxygens (including phenoxy) is 1. The van der Waals surface area contributed by atoms with Crippen LogP contribution in [-0.2, 0) is 4.79 Å². The number of rotatable bonds is 8. The minimum atomic E-state index is -0.664. The van der Waals surface area contributed by atoms with Crippen LogP contribution in [0.25, 0.3) is 0 Å². The maximum absolute atomic E-state index is 13.4. The molecule has 7 nitrogen and oxygen atoms in total. The van der Waals surface area contributed by atoms with E-state index in [1.807, 2.05) is 57.1 Å². The van der Waals surface area contributed by atoms with Crippen molar-refractivity contribution in [1.82, 2.24) is 14.8 Å². The SMILES string of the molecule is CCOc1ccc(C2C(C(=O)c3sc(C)nc3C)=C(O)C(=O)N2CCN(C)C)cc1. The van der Waals surface area contributed by atoms with E-state index < -0.39 is 17.7 Å². The van der Waals surface area contributed by atoms with Crippen LogP contribution in [0.3, 0.4) is 0 Å². The number of hydrogen-bond acceptors (Lipinski definition) is 7. The van der Waals surface area contributed by atoms with Gasteiger partial charge in [-0.25, -0.2) is 4.98 Å². The Morgan fingerprint density at radius 3 is 2.47 bits per heavy atom. The molecule has 1 amide bonds. The Morgan fingerprint density at radius 2 is 1.93 bits per heavy atom. The van der Waals surface area contributed by atoms with Gasteiger partial charge in [0.1, 0.15) is 5.75 Å². The van der Waals surface area contributed by atoms with E-state index in [0.717, 1.165) is 10.6 Å². The molecule has 1 N–H and O–H groups in total. The summed E-state index contributed by atoms with van der Waals surface area (Å²) < 4.78 is 5.51. The number of ketones is 1. The summed E-state index contributed by atoms with van der Waals surface area (Å²) in [5.41, 5.74) is 1.46. The highest BCUT2D eigenvalue weighted by Gasteiger charge is 2.44. The Hall–Kier alpha value is -2.71. The third kappa shape index (κ3) is 4.24. The summed E-state index contributed by atoms with van der Waals surface area (Å²) in [5.74, 6) is -0.656. The summed E-state index contributed by atoms with van der Waals surface area (Å²) >= 11 is 1.27. The predicted octanol–water partition coefficient (Wildman–Crippen LogP) is 3.30. The van der Waals surface area contributed by atoms with Gasteiger partial charge in [-0.3, -0.25) is 9.59 Å². The minimum absolute atomic E-state index is 0.106. The van der Waals surface area contributed by atoms with Gasteiger partial charge in [0.15, 0.2) is 5.76 Å². The van der Waals surface area contributed by atoms with Crippen molar-refractivity contribution >= 4 is 23.0 Å². The molecule has 0 fully saturated rings. The van der Waals surface area contributed by atoms with Gasteiger partial charge in [-0.1, -0.05) is 12.1 Å². The molecule has 1 unspecified atom stereocenters. The lowest BCUT2D eigenvalue weighted by Gasteiger charge is -2.28. The first-order valence-corrected chi connectivity index (χ1v) is 10.7. The molecule has 0 aliphatic carbocycles. The third-order valence-corrected chi connectivity index (χ3v) is 6.02. The van der Waals surface area contributed by atoms with E-state index in [-0.39, 0.29) is 11.4 Å². The van der Waals surface area contributed by atoms with Crippen molar-refractivity contribution in [2.24, 2.45) is 0 Å². The Kier molecular flexibility index (Phi) is 6.58. The fourth-order valence-corrected chi connectivity index (χ4v) is 4.42. The zero-order valence-electron chi connectivity index (χ0n) is 17.9. The van der Waals surface area contributed by atoms with Crippen molar-refractivity contribution in [3.63, 3.8) is 0 Å². The van der Waals surface area contributed by atoms with Crippen LogP contribution in [0.4, 0.5) is 0 Å². The second-order valence-electron chi connectivity index (χ2n) is 7.45. The number of likely N-dealkylation sites (N-methyl/N-ethyl adjacent to an activating group) is 1. The topological polar surface area (TPSA) is 83.0 Å². The number of aliphatic hydroxyl groups excluding tert-OH is 1. The number of aliphatic hydroxyl groups is 1. The van der Waals surface area contributed by atoms with Crippen molar-refractivity contribution in [2.45, 2.75) is 26.8 Å². The second-order valence-corrected chi connectivity index (χ2v) is 8.65. The maximum atomic E-state index is 13.4. The van der Waals surface area contributed by atoms with Crippen molar-refractivity contribution in [2.75, 3.05) is 33.8 Å². The van der Waals surface area contributed by atoms with Crippen molar-refractivity contribution in [1.29, 1.82) is 0 Å². The number of aryl methyl sites for hydroxylation is 2. The van der Waals surface area contributed by atoms with Crippen molar-refractivity contribution in [3.05, 3.63) is 56.7 Å². The van der Waals surface area contributed by atoms with Crippen molar-refractivity contribution in [3.8, 4) is 5.75 Å². The first-order chi connectivity index (χ1) is 14.2. The lowest BCUT2D eigenvalue weighted by atomic mass is 9.95. The van der Waals surface area contributed by atoms with Crippen LogP contribution in [0, 0.1) is 13.8 Å². The largest absolute Gasteiger partial charge is 0.503 e. The van der Waals surface area contributed by atoms with Crippen LogP contribution >= 0.6 is 11.3 Å². The smallest absolute Gasteiger partial charge is 0.290 e. The van der Waals surface area contributed by atoms with Crippen LogP contribution < -0.4 is 4.74 Å². The second kappa shape index (κ2) is 8.97. The van der Waals surface area contributed by atoms with E-state index in [2.05, 4.69) is 4.98 Å². The van der Waals surface area contributed by atoms with Gasteiger partial charge in [0.25, 0.3) is 5.91 Å². The number of thiazole rings is 1. The summed E-state index contributed by atoms with van der Waals surface area (Å²) in [6.07, 6.45) is 0. The molecule has 0 saturated carbocycles.